The molecule has 0 aromatic rings. The predicted molar refractivity (Wildman–Crippen MR) is 46.0 cm³/mol. The van der Waals surface area contributed by atoms with Gasteiger partial charge in [-0.1, -0.05) is 0 Å². The molecular formula is C4H22CuN4O2+4. The molecule has 0 spiro atoms. The summed E-state index contributed by atoms with van der Waals surface area (Å²) in [6.07, 6.45) is 0. The van der Waals surface area contributed by atoms with E-state index in [0.29, 0.717) is 26.2 Å². The maximum Gasteiger partial charge on any atom is 2.00 e. The van der Waals surface area contributed by atoms with E-state index in [1.165, 1.54) is 0 Å². The van der Waals surface area contributed by atoms with Crippen molar-refractivity contribution in [3.05, 3.63) is 0 Å². The first-order valence-electron chi connectivity index (χ1n) is 2.63. The van der Waals surface area contributed by atoms with Gasteiger partial charge in [0, 0.05) is 26.2 Å². The van der Waals surface area contributed by atoms with Crippen LogP contribution in [0.5, 0.6) is 0 Å². The smallest absolute Gasteiger partial charge is 0.457 e. The monoisotopic (exact) mass is 221 g/mol. The van der Waals surface area contributed by atoms with Crippen molar-refractivity contribution in [3.8, 4) is 0 Å². The molecule has 0 bridgehead atoms. The van der Waals surface area contributed by atoms with Crippen LogP contribution < -0.4 is 22.9 Å². The van der Waals surface area contributed by atoms with E-state index < -0.39 is 0 Å². The van der Waals surface area contributed by atoms with Crippen LogP contribution in [0.3, 0.4) is 0 Å². The molecule has 0 heterocycles. The fourth-order valence-corrected chi connectivity index (χ4v) is 0. The van der Waals surface area contributed by atoms with Crippen molar-refractivity contribution in [3.63, 3.8) is 0 Å². The minimum atomic E-state index is 0. The van der Waals surface area contributed by atoms with Crippen LogP contribution in [0.1, 0.15) is 0 Å². The van der Waals surface area contributed by atoms with Crippen LogP contribution in [0.4, 0.5) is 0 Å². The average Bonchev–Trinajstić information content (AvgIpc) is 1.88. The van der Waals surface area contributed by atoms with Gasteiger partial charge in [0.15, 0.2) is 0 Å². The first kappa shape index (κ1) is 30.2. The maximum atomic E-state index is 4.90. The maximum absolute atomic E-state index is 4.90. The third-order valence-electron chi connectivity index (χ3n) is 0.333. The SMILES string of the molecule is NCCN.NCCN.[Cu+2].[OH3+].[OH3+]. The summed E-state index contributed by atoms with van der Waals surface area (Å²) in [6.45, 7) is 2.39. The molecule has 14 N–H and O–H groups in total. The minimum Gasteiger partial charge on any atom is -0.457 e. The van der Waals surface area contributed by atoms with Crippen molar-refractivity contribution in [1.82, 2.24) is 0 Å². The van der Waals surface area contributed by atoms with E-state index in [2.05, 4.69) is 0 Å². The molecule has 7 heteroatoms. The molecule has 0 fully saturated rings. The van der Waals surface area contributed by atoms with Crippen LogP contribution in [0, 0.1) is 0 Å². The standard InChI is InChI=1S/2C2H8N2.Cu.2H2O/c2*3-1-2-4;;;/h2*1-4H2;;2*1H2/q;;+2;;/p+2. The summed E-state index contributed by atoms with van der Waals surface area (Å²) in [5.74, 6) is 0. The Kier molecular flexibility index (Phi) is 133. The van der Waals surface area contributed by atoms with Gasteiger partial charge in [-0.05, 0) is 0 Å². The van der Waals surface area contributed by atoms with Gasteiger partial charge in [-0.15, -0.1) is 0 Å². The van der Waals surface area contributed by atoms with Gasteiger partial charge in [0.25, 0.3) is 0 Å². The molecule has 0 atom stereocenters. The zero-order chi connectivity index (χ0) is 6.83. The Morgan fingerprint density at radius 3 is 0.636 bits per heavy atom. The second kappa shape index (κ2) is 48.3. The Bertz CT molecular complexity index is 28.1. The normalized spacial score (nSPS) is 5.45. The van der Waals surface area contributed by atoms with Crippen molar-refractivity contribution < 1.29 is 28.0 Å². The van der Waals surface area contributed by atoms with E-state index in [0.717, 1.165) is 0 Å². The molecule has 0 unspecified atom stereocenters. The fourth-order valence-electron chi connectivity index (χ4n) is 0. The Morgan fingerprint density at radius 2 is 0.636 bits per heavy atom. The van der Waals surface area contributed by atoms with Gasteiger partial charge in [0.05, 0.1) is 0 Å². The molecule has 0 aliphatic carbocycles. The first-order chi connectivity index (χ1) is 3.83. The Balaban J connectivity index is -0.0000000171. The van der Waals surface area contributed by atoms with Gasteiger partial charge < -0.3 is 33.9 Å². The van der Waals surface area contributed by atoms with Crippen LogP contribution in [0.25, 0.3) is 0 Å². The topological polar surface area (TPSA) is 170 Å². The van der Waals surface area contributed by atoms with Crippen LogP contribution in [0.2, 0.25) is 0 Å². The number of nitrogens with two attached hydrogens (primary N) is 4. The van der Waals surface area contributed by atoms with Gasteiger partial charge in [-0.25, -0.2) is 0 Å². The number of hydrogen-bond acceptors (Lipinski definition) is 4. The molecular weight excluding hydrogens is 200 g/mol. The predicted octanol–water partition coefficient (Wildman–Crippen LogP) is -4.04. The van der Waals surface area contributed by atoms with Crippen molar-refractivity contribution in [2.24, 2.45) is 22.9 Å². The average molecular weight is 222 g/mol. The molecule has 0 saturated carbocycles. The van der Waals surface area contributed by atoms with Gasteiger partial charge >= 0.3 is 17.1 Å². The Labute approximate surface area is 77.8 Å². The summed E-state index contributed by atoms with van der Waals surface area (Å²) in [6, 6.07) is 0. The molecule has 0 saturated heterocycles. The minimum absolute atomic E-state index is 0. The Hall–Kier alpha value is 0.279. The summed E-state index contributed by atoms with van der Waals surface area (Å²) in [5.41, 5.74) is 19.6. The number of hydrogen-bond donors (Lipinski definition) is 4. The molecule has 0 aromatic heterocycles. The van der Waals surface area contributed by atoms with E-state index in [-0.39, 0.29) is 28.0 Å². The van der Waals surface area contributed by atoms with Crippen molar-refractivity contribution in [1.29, 1.82) is 0 Å². The van der Waals surface area contributed by atoms with Gasteiger partial charge in [0.1, 0.15) is 0 Å². The van der Waals surface area contributed by atoms with E-state index in [1.807, 2.05) is 0 Å². The molecule has 1 radical (unpaired) electrons. The van der Waals surface area contributed by atoms with E-state index in [9.17, 15) is 0 Å². The number of rotatable bonds is 2. The summed E-state index contributed by atoms with van der Waals surface area (Å²) >= 11 is 0. The van der Waals surface area contributed by atoms with E-state index in [4.69, 9.17) is 22.9 Å². The zero-order valence-corrected chi connectivity index (χ0v) is 7.54. The molecule has 77 valence electrons. The summed E-state index contributed by atoms with van der Waals surface area (Å²) in [5, 5.41) is 0. The molecule has 0 rings (SSSR count). The van der Waals surface area contributed by atoms with Crippen molar-refractivity contribution in [2.45, 2.75) is 0 Å². The van der Waals surface area contributed by atoms with Crippen LogP contribution in [-0.2, 0) is 28.0 Å². The van der Waals surface area contributed by atoms with Crippen LogP contribution in [-0.4, -0.2) is 26.2 Å². The van der Waals surface area contributed by atoms with E-state index in [1.54, 1.807) is 0 Å². The van der Waals surface area contributed by atoms with E-state index >= 15 is 0 Å². The third-order valence-corrected chi connectivity index (χ3v) is 0.333. The van der Waals surface area contributed by atoms with Crippen LogP contribution >= 0.6 is 0 Å². The van der Waals surface area contributed by atoms with Gasteiger partial charge in [0.2, 0.25) is 0 Å². The largest absolute Gasteiger partial charge is 2.00 e. The molecule has 11 heavy (non-hydrogen) atoms. The van der Waals surface area contributed by atoms with Gasteiger partial charge in [-0.2, -0.15) is 0 Å². The Morgan fingerprint density at radius 1 is 0.545 bits per heavy atom. The molecule has 0 amide bonds. The fraction of sp³-hybridized carbons (Fsp3) is 1.00. The zero-order valence-electron chi connectivity index (χ0n) is 6.59. The van der Waals surface area contributed by atoms with Crippen molar-refractivity contribution in [2.75, 3.05) is 26.2 Å². The second-order valence-electron chi connectivity index (χ2n) is 1.15. The van der Waals surface area contributed by atoms with Crippen molar-refractivity contribution >= 4 is 0 Å². The quantitative estimate of drug-likeness (QED) is 0.275. The second-order valence-corrected chi connectivity index (χ2v) is 1.15. The summed E-state index contributed by atoms with van der Waals surface area (Å²) in [4.78, 5) is 0. The van der Waals surface area contributed by atoms with Gasteiger partial charge in [-0.3, -0.25) is 0 Å². The van der Waals surface area contributed by atoms with Crippen LogP contribution in [0.15, 0.2) is 0 Å². The third kappa shape index (κ3) is 136. The first-order valence-corrected chi connectivity index (χ1v) is 2.63. The summed E-state index contributed by atoms with van der Waals surface area (Å²) in [7, 11) is 0. The molecule has 0 aliphatic heterocycles. The molecule has 0 aliphatic rings. The molecule has 0 aromatic carbocycles. The summed E-state index contributed by atoms with van der Waals surface area (Å²) < 4.78 is 0. The molecule has 6 nitrogen and oxygen atoms in total.